The third kappa shape index (κ3) is 6.83. The first-order chi connectivity index (χ1) is 15.2. The Labute approximate surface area is 192 Å². The molecule has 1 heterocycles. The molecule has 1 aliphatic heterocycles. The van der Waals surface area contributed by atoms with E-state index in [0.717, 1.165) is 49.2 Å². The van der Waals surface area contributed by atoms with Gasteiger partial charge in [0.1, 0.15) is 5.75 Å². The summed E-state index contributed by atoms with van der Waals surface area (Å²) < 4.78 is 5.94. The SMILES string of the molecule is CN(C(=O)CC(C)(C)C)N1CC[C@@H](CCCOc2ccc(-c3ccc(C#N)cc3)cc2)C1. The molecular weight excluding hydrogens is 398 g/mol. The van der Waals surface area contributed by atoms with Crippen LogP contribution in [0, 0.1) is 22.7 Å². The lowest BCUT2D eigenvalue weighted by Crippen LogP contribution is -2.43. The predicted molar refractivity (Wildman–Crippen MR) is 128 cm³/mol. The van der Waals surface area contributed by atoms with Gasteiger partial charge in [-0.1, -0.05) is 45.0 Å². The van der Waals surface area contributed by atoms with Gasteiger partial charge in [-0.15, -0.1) is 0 Å². The van der Waals surface area contributed by atoms with Gasteiger partial charge in [0.15, 0.2) is 0 Å². The lowest BCUT2D eigenvalue weighted by Gasteiger charge is -2.30. The molecule has 32 heavy (non-hydrogen) atoms. The highest BCUT2D eigenvalue weighted by atomic mass is 16.5. The van der Waals surface area contributed by atoms with Crippen molar-refractivity contribution in [2.75, 3.05) is 26.7 Å². The molecule has 1 fully saturated rings. The van der Waals surface area contributed by atoms with Gasteiger partial charge < -0.3 is 4.74 Å². The van der Waals surface area contributed by atoms with Crippen LogP contribution in [0.5, 0.6) is 5.75 Å². The lowest BCUT2D eigenvalue weighted by molar-refractivity contribution is -0.146. The maximum Gasteiger partial charge on any atom is 0.237 e. The van der Waals surface area contributed by atoms with Crippen molar-refractivity contribution in [3.63, 3.8) is 0 Å². The van der Waals surface area contributed by atoms with E-state index < -0.39 is 0 Å². The highest BCUT2D eigenvalue weighted by Gasteiger charge is 2.29. The second-order valence-electron chi connectivity index (χ2n) is 9.93. The van der Waals surface area contributed by atoms with E-state index in [1.165, 1.54) is 0 Å². The number of carbonyl (C=O) groups excluding carboxylic acids is 1. The van der Waals surface area contributed by atoms with Gasteiger partial charge in [-0.2, -0.15) is 5.26 Å². The maximum absolute atomic E-state index is 12.5. The number of carbonyl (C=O) groups is 1. The van der Waals surface area contributed by atoms with E-state index in [9.17, 15) is 4.79 Å². The van der Waals surface area contributed by atoms with Crippen LogP contribution in [0.2, 0.25) is 0 Å². The smallest absolute Gasteiger partial charge is 0.237 e. The minimum Gasteiger partial charge on any atom is -0.494 e. The van der Waals surface area contributed by atoms with Crippen LogP contribution in [0.3, 0.4) is 0 Å². The first kappa shape index (κ1) is 23.8. The second-order valence-corrected chi connectivity index (χ2v) is 9.93. The summed E-state index contributed by atoms with van der Waals surface area (Å²) in [6.07, 6.45) is 3.82. The number of hydrazine groups is 1. The highest BCUT2D eigenvalue weighted by molar-refractivity contribution is 5.76. The molecule has 0 saturated carbocycles. The van der Waals surface area contributed by atoms with E-state index in [0.29, 0.717) is 24.5 Å². The Morgan fingerprint density at radius 3 is 2.34 bits per heavy atom. The number of nitriles is 1. The summed E-state index contributed by atoms with van der Waals surface area (Å²) in [4.78, 5) is 12.5. The molecule has 2 aromatic carbocycles. The van der Waals surface area contributed by atoms with E-state index in [1.807, 2.05) is 48.5 Å². The van der Waals surface area contributed by atoms with Crippen molar-refractivity contribution in [2.24, 2.45) is 11.3 Å². The predicted octanol–water partition coefficient (Wildman–Crippen LogP) is 5.52. The van der Waals surface area contributed by atoms with Crippen LogP contribution in [0.4, 0.5) is 0 Å². The molecule has 5 heteroatoms. The Balaban J connectivity index is 1.38. The van der Waals surface area contributed by atoms with Crippen molar-refractivity contribution in [1.82, 2.24) is 10.0 Å². The molecule has 0 aliphatic carbocycles. The quantitative estimate of drug-likeness (QED) is 0.515. The van der Waals surface area contributed by atoms with Crippen molar-refractivity contribution in [2.45, 2.75) is 46.5 Å². The lowest BCUT2D eigenvalue weighted by atomic mass is 9.92. The van der Waals surface area contributed by atoms with Crippen LogP contribution >= 0.6 is 0 Å². The molecular formula is C27H35N3O2. The summed E-state index contributed by atoms with van der Waals surface area (Å²) in [7, 11) is 1.90. The van der Waals surface area contributed by atoms with Crippen molar-refractivity contribution >= 4 is 5.91 Å². The molecule has 170 valence electrons. The number of hydrogen-bond acceptors (Lipinski definition) is 4. The summed E-state index contributed by atoms with van der Waals surface area (Å²) in [5.74, 6) is 1.69. The maximum atomic E-state index is 12.5. The van der Waals surface area contributed by atoms with Gasteiger partial charge >= 0.3 is 0 Å². The monoisotopic (exact) mass is 433 g/mol. The Hall–Kier alpha value is -2.84. The van der Waals surface area contributed by atoms with Crippen LogP contribution in [-0.4, -0.2) is 42.7 Å². The molecule has 2 aromatic rings. The fraction of sp³-hybridized carbons (Fsp3) is 0.481. The molecule has 1 aliphatic rings. The van der Waals surface area contributed by atoms with Gasteiger partial charge in [0.2, 0.25) is 5.91 Å². The summed E-state index contributed by atoms with van der Waals surface area (Å²) in [5.41, 5.74) is 2.88. The standard InChI is InChI=1S/C27H35N3O2/c1-27(2,3)18-26(31)29(4)30-16-15-22(20-30)6-5-17-32-25-13-11-24(12-14-25)23-9-7-21(19-28)8-10-23/h7-14,22H,5-6,15-18,20H2,1-4H3/t22-/m1/s1. The largest absolute Gasteiger partial charge is 0.494 e. The normalized spacial score (nSPS) is 16.5. The number of ether oxygens (including phenoxy) is 1. The third-order valence-corrected chi connectivity index (χ3v) is 5.96. The zero-order chi connectivity index (χ0) is 23.1. The zero-order valence-corrected chi connectivity index (χ0v) is 19.8. The first-order valence-corrected chi connectivity index (χ1v) is 11.5. The molecule has 0 radical (unpaired) electrons. The van der Waals surface area contributed by atoms with Crippen molar-refractivity contribution in [1.29, 1.82) is 5.26 Å². The van der Waals surface area contributed by atoms with E-state index in [2.05, 4.69) is 44.0 Å². The first-order valence-electron chi connectivity index (χ1n) is 11.5. The summed E-state index contributed by atoms with van der Waals surface area (Å²) in [5, 5.41) is 12.9. The topological polar surface area (TPSA) is 56.6 Å². The van der Waals surface area contributed by atoms with Crippen molar-refractivity contribution in [3.8, 4) is 22.9 Å². The minimum absolute atomic E-state index is 0.0159. The van der Waals surface area contributed by atoms with Crippen LogP contribution in [-0.2, 0) is 4.79 Å². The Bertz CT molecular complexity index is 923. The molecule has 0 N–H and O–H groups in total. The Morgan fingerprint density at radius 1 is 1.12 bits per heavy atom. The van der Waals surface area contributed by atoms with Gasteiger partial charge in [0.25, 0.3) is 0 Å². The minimum atomic E-state index is 0.0159. The van der Waals surface area contributed by atoms with E-state index in [4.69, 9.17) is 10.00 Å². The molecule has 3 rings (SSSR count). The van der Waals surface area contributed by atoms with Crippen LogP contribution in [0.25, 0.3) is 11.1 Å². The van der Waals surface area contributed by atoms with Gasteiger partial charge in [0, 0.05) is 26.6 Å². The third-order valence-electron chi connectivity index (χ3n) is 5.96. The van der Waals surface area contributed by atoms with E-state index in [1.54, 1.807) is 0 Å². The average molecular weight is 434 g/mol. The van der Waals surface area contributed by atoms with Crippen molar-refractivity contribution < 1.29 is 9.53 Å². The molecule has 0 spiro atoms. The Kier molecular flexibility index (Phi) is 7.93. The van der Waals surface area contributed by atoms with Gasteiger partial charge in [0.05, 0.1) is 18.2 Å². The molecule has 1 amide bonds. The van der Waals surface area contributed by atoms with Crippen LogP contribution in [0.1, 0.15) is 52.0 Å². The van der Waals surface area contributed by atoms with Crippen molar-refractivity contribution in [3.05, 3.63) is 54.1 Å². The molecule has 1 saturated heterocycles. The fourth-order valence-corrected chi connectivity index (χ4v) is 4.09. The van der Waals surface area contributed by atoms with E-state index in [-0.39, 0.29) is 11.3 Å². The molecule has 5 nitrogen and oxygen atoms in total. The zero-order valence-electron chi connectivity index (χ0n) is 19.8. The highest BCUT2D eigenvalue weighted by Crippen LogP contribution is 2.26. The number of nitrogens with zero attached hydrogens (tertiary/aromatic N) is 3. The van der Waals surface area contributed by atoms with Gasteiger partial charge in [-0.3, -0.25) is 9.80 Å². The average Bonchev–Trinajstić information content (AvgIpc) is 3.24. The summed E-state index contributed by atoms with van der Waals surface area (Å²) in [6, 6.07) is 17.9. The summed E-state index contributed by atoms with van der Waals surface area (Å²) in [6.45, 7) is 8.91. The van der Waals surface area contributed by atoms with Crippen LogP contribution < -0.4 is 4.74 Å². The van der Waals surface area contributed by atoms with Crippen LogP contribution in [0.15, 0.2) is 48.5 Å². The van der Waals surface area contributed by atoms with E-state index >= 15 is 0 Å². The molecule has 0 bridgehead atoms. The molecule has 0 aromatic heterocycles. The molecule has 0 unspecified atom stereocenters. The molecule has 1 atom stereocenters. The van der Waals surface area contributed by atoms with Gasteiger partial charge in [-0.25, -0.2) is 5.01 Å². The number of benzene rings is 2. The number of rotatable bonds is 8. The summed E-state index contributed by atoms with van der Waals surface area (Å²) >= 11 is 0. The Morgan fingerprint density at radius 2 is 1.75 bits per heavy atom. The number of amides is 1. The fourth-order valence-electron chi connectivity index (χ4n) is 4.09. The second kappa shape index (κ2) is 10.7. The van der Waals surface area contributed by atoms with Gasteiger partial charge in [-0.05, 0) is 66.0 Å². The number of hydrogen-bond donors (Lipinski definition) is 0.